The fourth-order valence-electron chi connectivity index (χ4n) is 0.524. The number of hydrogen-bond acceptors (Lipinski definition) is 1. The molecule has 47 valence electrons. The van der Waals surface area contributed by atoms with Crippen LogP contribution in [0.15, 0.2) is 24.3 Å². The molecule has 3 radical (unpaired) electrons. The van der Waals surface area contributed by atoms with Crippen molar-refractivity contribution in [3.63, 3.8) is 0 Å². The predicted molar refractivity (Wildman–Crippen MR) is 36.9 cm³/mol. The van der Waals surface area contributed by atoms with E-state index in [1.54, 1.807) is 0 Å². The lowest BCUT2D eigenvalue weighted by molar-refractivity contribution is 0.627. The standard InChI is InChI=1S/C7H4FN.B/c8-7-3-1-6(5-9)2-4-7;/h1-4H;. The zero-order valence-corrected chi connectivity index (χ0v) is 5.21. The van der Waals surface area contributed by atoms with Gasteiger partial charge >= 0.3 is 0 Å². The van der Waals surface area contributed by atoms with Gasteiger partial charge < -0.3 is 0 Å². The third kappa shape index (κ3) is 1.90. The minimum Gasteiger partial charge on any atom is -0.207 e. The van der Waals surface area contributed by atoms with Crippen molar-refractivity contribution in [3.05, 3.63) is 35.6 Å². The Morgan fingerprint density at radius 1 is 1.20 bits per heavy atom. The number of halogens is 1. The van der Waals surface area contributed by atoms with E-state index in [9.17, 15) is 4.39 Å². The molecule has 0 spiro atoms. The van der Waals surface area contributed by atoms with Crippen molar-refractivity contribution < 1.29 is 4.39 Å². The molecule has 10 heavy (non-hydrogen) atoms. The Labute approximate surface area is 60.7 Å². The first-order valence-electron chi connectivity index (χ1n) is 2.48. The summed E-state index contributed by atoms with van der Waals surface area (Å²) in [5.41, 5.74) is 0.483. The molecule has 0 aliphatic heterocycles. The Kier molecular flexibility index (Phi) is 3.20. The van der Waals surface area contributed by atoms with Crippen LogP contribution in [0.5, 0.6) is 0 Å². The zero-order chi connectivity index (χ0) is 6.69. The van der Waals surface area contributed by atoms with Crippen LogP contribution < -0.4 is 0 Å². The summed E-state index contributed by atoms with van der Waals surface area (Å²) in [6, 6.07) is 7.29. The van der Waals surface area contributed by atoms with E-state index in [1.807, 2.05) is 6.07 Å². The molecule has 0 unspecified atom stereocenters. The van der Waals surface area contributed by atoms with Crippen LogP contribution in [-0.2, 0) is 0 Å². The molecule has 3 heteroatoms. The SMILES string of the molecule is N#Cc1ccc(F)cc1.[B]. The molecule has 0 saturated carbocycles. The first kappa shape index (κ1) is 8.70. The molecule has 0 heterocycles. The average molecular weight is 132 g/mol. The van der Waals surface area contributed by atoms with Gasteiger partial charge in [0.1, 0.15) is 5.82 Å². The van der Waals surface area contributed by atoms with Crippen LogP contribution in [-0.4, -0.2) is 8.41 Å². The molecule has 0 bridgehead atoms. The lowest BCUT2D eigenvalue weighted by atomic mass is 10.2. The number of nitrogens with zero attached hydrogens (tertiary/aromatic N) is 1. The van der Waals surface area contributed by atoms with Gasteiger partial charge in [-0.2, -0.15) is 5.26 Å². The van der Waals surface area contributed by atoms with Crippen LogP contribution in [0.4, 0.5) is 4.39 Å². The monoisotopic (exact) mass is 132 g/mol. The number of nitriles is 1. The summed E-state index contributed by atoms with van der Waals surface area (Å²) in [5.74, 6) is -0.311. The number of rotatable bonds is 0. The van der Waals surface area contributed by atoms with Gasteiger partial charge in [0.2, 0.25) is 0 Å². The summed E-state index contributed by atoms with van der Waals surface area (Å²) >= 11 is 0. The van der Waals surface area contributed by atoms with Gasteiger partial charge in [0, 0.05) is 8.41 Å². The Balaban J connectivity index is 0.000000810. The maximum absolute atomic E-state index is 12.1. The topological polar surface area (TPSA) is 23.8 Å². The number of hydrogen-bond donors (Lipinski definition) is 0. The van der Waals surface area contributed by atoms with Crippen LogP contribution >= 0.6 is 0 Å². The van der Waals surface area contributed by atoms with E-state index >= 15 is 0 Å². The third-order valence-electron chi connectivity index (χ3n) is 0.973. The molecular formula is C7H4BFN. The second-order valence-electron chi connectivity index (χ2n) is 1.62. The van der Waals surface area contributed by atoms with E-state index in [0.29, 0.717) is 5.56 Å². The first-order valence-corrected chi connectivity index (χ1v) is 2.48. The van der Waals surface area contributed by atoms with E-state index in [2.05, 4.69) is 0 Å². The van der Waals surface area contributed by atoms with Crippen molar-refractivity contribution >= 4 is 8.41 Å². The summed E-state index contributed by atoms with van der Waals surface area (Å²) in [6.07, 6.45) is 0. The molecule has 0 atom stereocenters. The minimum atomic E-state index is -0.311. The second kappa shape index (κ2) is 3.68. The van der Waals surface area contributed by atoms with E-state index in [0.717, 1.165) is 0 Å². The fraction of sp³-hybridized carbons (Fsp3) is 0. The molecule has 0 saturated heterocycles. The average Bonchev–Trinajstić information content (AvgIpc) is 1.90. The fourth-order valence-corrected chi connectivity index (χ4v) is 0.524. The molecular weight excluding hydrogens is 128 g/mol. The van der Waals surface area contributed by atoms with Crippen molar-refractivity contribution in [2.24, 2.45) is 0 Å². The highest BCUT2D eigenvalue weighted by Crippen LogP contribution is 1.99. The normalized spacial score (nSPS) is 7.60. The van der Waals surface area contributed by atoms with Gasteiger partial charge in [0.05, 0.1) is 11.6 Å². The molecule has 0 amide bonds. The van der Waals surface area contributed by atoms with Crippen LogP contribution in [0.3, 0.4) is 0 Å². The van der Waals surface area contributed by atoms with Crippen LogP contribution in [0.25, 0.3) is 0 Å². The van der Waals surface area contributed by atoms with Gasteiger partial charge in [0.15, 0.2) is 0 Å². The van der Waals surface area contributed by atoms with Crippen molar-refractivity contribution in [1.82, 2.24) is 0 Å². The van der Waals surface area contributed by atoms with E-state index in [-0.39, 0.29) is 14.2 Å². The Hall–Kier alpha value is -1.30. The van der Waals surface area contributed by atoms with Gasteiger partial charge in [-0.15, -0.1) is 0 Å². The van der Waals surface area contributed by atoms with E-state index in [1.165, 1.54) is 24.3 Å². The molecule has 0 aliphatic carbocycles. The highest BCUT2D eigenvalue weighted by atomic mass is 19.1. The largest absolute Gasteiger partial charge is 0.207 e. The maximum Gasteiger partial charge on any atom is 0.123 e. The van der Waals surface area contributed by atoms with Crippen molar-refractivity contribution in [2.75, 3.05) is 0 Å². The van der Waals surface area contributed by atoms with Gasteiger partial charge in [-0.05, 0) is 24.3 Å². The summed E-state index contributed by atoms with van der Waals surface area (Å²) in [5, 5.41) is 8.26. The minimum absolute atomic E-state index is 0. The molecule has 0 aromatic heterocycles. The zero-order valence-electron chi connectivity index (χ0n) is 5.21. The van der Waals surface area contributed by atoms with Gasteiger partial charge in [-0.1, -0.05) is 0 Å². The van der Waals surface area contributed by atoms with Gasteiger partial charge in [-0.3, -0.25) is 0 Å². The smallest absolute Gasteiger partial charge is 0.123 e. The molecule has 0 aliphatic rings. The number of benzene rings is 1. The molecule has 1 rings (SSSR count). The van der Waals surface area contributed by atoms with Crippen LogP contribution in [0, 0.1) is 17.1 Å². The van der Waals surface area contributed by atoms with Gasteiger partial charge in [-0.25, -0.2) is 4.39 Å². The lowest BCUT2D eigenvalue weighted by Gasteiger charge is -1.84. The summed E-state index contributed by atoms with van der Waals surface area (Å²) in [7, 11) is 0. The highest BCUT2D eigenvalue weighted by molar-refractivity contribution is 5.75. The molecule has 0 fully saturated rings. The van der Waals surface area contributed by atoms with Crippen LogP contribution in [0.1, 0.15) is 5.56 Å². The Bertz CT molecular complexity index is 237. The van der Waals surface area contributed by atoms with E-state index in [4.69, 9.17) is 5.26 Å². The summed E-state index contributed by atoms with van der Waals surface area (Å²) in [6.45, 7) is 0. The van der Waals surface area contributed by atoms with Gasteiger partial charge in [0.25, 0.3) is 0 Å². The first-order chi connectivity index (χ1) is 4.33. The maximum atomic E-state index is 12.1. The van der Waals surface area contributed by atoms with E-state index < -0.39 is 0 Å². The molecule has 0 N–H and O–H groups in total. The van der Waals surface area contributed by atoms with Crippen molar-refractivity contribution in [3.8, 4) is 6.07 Å². The summed E-state index contributed by atoms with van der Waals surface area (Å²) < 4.78 is 12.1. The predicted octanol–water partition coefficient (Wildman–Crippen LogP) is 1.32. The lowest BCUT2D eigenvalue weighted by Crippen LogP contribution is -1.73. The molecule has 1 aromatic rings. The van der Waals surface area contributed by atoms with Crippen molar-refractivity contribution in [2.45, 2.75) is 0 Å². The highest BCUT2D eigenvalue weighted by Gasteiger charge is 1.87. The molecule has 1 aromatic carbocycles. The quantitative estimate of drug-likeness (QED) is 0.488. The Morgan fingerprint density at radius 2 is 1.70 bits per heavy atom. The van der Waals surface area contributed by atoms with Crippen molar-refractivity contribution in [1.29, 1.82) is 5.26 Å². The summed E-state index contributed by atoms with van der Waals surface area (Å²) in [4.78, 5) is 0. The third-order valence-corrected chi connectivity index (χ3v) is 0.973. The molecule has 1 nitrogen and oxygen atoms in total. The Morgan fingerprint density at radius 3 is 2.10 bits per heavy atom. The van der Waals surface area contributed by atoms with Crippen LogP contribution in [0.2, 0.25) is 0 Å². The second-order valence-corrected chi connectivity index (χ2v) is 1.62.